The molecule has 1 heterocycles. The molecule has 5 nitrogen and oxygen atoms in total. The second-order valence-electron chi connectivity index (χ2n) is 8.92. The maximum Gasteiger partial charge on any atom is 0.184 e. The number of fused-ring (bicyclic) bond motifs is 3. The van der Waals surface area contributed by atoms with Gasteiger partial charge in [0.05, 0.1) is 31.2 Å². The average Bonchev–Trinajstić information content (AvgIpc) is 3.12. The molecule has 0 amide bonds. The Morgan fingerprint density at radius 2 is 2.00 bits per heavy atom. The van der Waals surface area contributed by atoms with Crippen molar-refractivity contribution in [2.75, 3.05) is 13.3 Å². The van der Waals surface area contributed by atoms with Crippen molar-refractivity contribution in [3.63, 3.8) is 0 Å². The first-order valence-corrected chi connectivity index (χ1v) is 10.8. The summed E-state index contributed by atoms with van der Waals surface area (Å²) in [6, 6.07) is 6.16. The third-order valence-corrected chi connectivity index (χ3v) is 6.61. The molecule has 1 aromatic carbocycles. The second kappa shape index (κ2) is 7.71. The Balaban J connectivity index is 1.68. The summed E-state index contributed by atoms with van der Waals surface area (Å²) in [4.78, 5) is 10.1. The number of aliphatic imine (C=N–C) groups is 2. The average molecular weight is 402 g/mol. The molecule has 29 heavy (non-hydrogen) atoms. The van der Waals surface area contributed by atoms with Crippen molar-refractivity contribution in [2.45, 2.75) is 77.2 Å². The van der Waals surface area contributed by atoms with Crippen molar-refractivity contribution in [2.24, 2.45) is 21.1 Å². The van der Waals surface area contributed by atoms with Crippen LogP contribution in [0.4, 0.5) is 4.39 Å². The van der Waals surface area contributed by atoms with Crippen LogP contribution in [0.2, 0.25) is 0 Å². The fraction of sp³-hybridized carbons (Fsp3) is 0.652. The number of hydrogen-bond donors (Lipinski definition) is 1. The Kier molecular flexibility index (Phi) is 5.40. The van der Waals surface area contributed by atoms with Crippen molar-refractivity contribution in [3.05, 3.63) is 29.3 Å². The van der Waals surface area contributed by atoms with Gasteiger partial charge in [0, 0.05) is 17.4 Å². The largest absolute Gasteiger partial charge is 0.493 e. The van der Waals surface area contributed by atoms with E-state index in [2.05, 4.69) is 26.0 Å². The van der Waals surface area contributed by atoms with Gasteiger partial charge < -0.3 is 15.2 Å². The number of benzene rings is 1. The summed E-state index contributed by atoms with van der Waals surface area (Å²) in [5.74, 6) is 1.28. The fourth-order valence-corrected chi connectivity index (χ4v) is 5.27. The Morgan fingerprint density at radius 3 is 2.62 bits per heavy atom. The first-order valence-electron chi connectivity index (χ1n) is 10.8. The highest BCUT2D eigenvalue weighted by molar-refractivity contribution is 6.41. The van der Waals surface area contributed by atoms with Gasteiger partial charge in [-0.15, -0.1) is 0 Å². The maximum absolute atomic E-state index is 12.5. The summed E-state index contributed by atoms with van der Waals surface area (Å²) < 4.78 is 24.3. The van der Waals surface area contributed by atoms with Crippen molar-refractivity contribution < 1.29 is 13.9 Å². The highest BCUT2D eigenvalue weighted by Gasteiger charge is 2.60. The van der Waals surface area contributed by atoms with Gasteiger partial charge in [0.25, 0.3) is 0 Å². The first kappa shape index (κ1) is 20.3. The Labute approximate surface area is 172 Å². The highest BCUT2D eigenvalue weighted by Crippen LogP contribution is 2.62. The molecule has 1 saturated carbocycles. The summed E-state index contributed by atoms with van der Waals surface area (Å²) >= 11 is 0. The summed E-state index contributed by atoms with van der Waals surface area (Å²) in [5, 5.41) is 0. The molecule has 1 fully saturated rings. The number of nitrogens with zero attached hydrogens (tertiary/aromatic N) is 2. The number of alkyl halides is 1. The van der Waals surface area contributed by atoms with Gasteiger partial charge in [-0.3, -0.25) is 9.38 Å². The molecular weight excluding hydrogens is 369 g/mol. The quantitative estimate of drug-likeness (QED) is 0.722. The summed E-state index contributed by atoms with van der Waals surface area (Å²) in [7, 11) is 0. The SMILES string of the molecule is CC1=NC2(N=C1N)c1cc(OCCCF)ccc1CC21CCC(OC(C)C)CC1. The predicted molar refractivity (Wildman–Crippen MR) is 114 cm³/mol. The van der Waals surface area contributed by atoms with Crippen LogP contribution in [0, 0.1) is 5.41 Å². The Hall–Kier alpha value is -1.95. The smallest absolute Gasteiger partial charge is 0.184 e. The molecule has 2 spiro atoms. The normalized spacial score (nSPS) is 30.7. The number of amidine groups is 1. The van der Waals surface area contributed by atoms with Gasteiger partial charge in [-0.1, -0.05) is 6.07 Å². The zero-order valence-corrected chi connectivity index (χ0v) is 17.7. The molecule has 0 radical (unpaired) electrons. The molecule has 1 unspecified atom stereocenters. The van der Waals surface area contributed by atoms with Crippen LogP contribution >= 0.6 is 0 Å². The van der Waals surface area contributed by atoms with Crippen molar-refractivity contribution in [3.8, 4) is 5.75 Å². The van der Waals surface area contributed by atoms with Crippen LogP contribution in [-0.2, 0) is 16.8 Å². The van der Waals surface area contributed by atoms with Crippen LogP contribution in [-0.4, -0.2) is 37.0 Å². The van der Waals surface area contributed by atoms with E-state index in [0.29, 0.717) is 25.0 Å². The highest BCUT2D eigenvalue weighted by atomic mass is 19.1. The molecule has 3 aliphatic rings. The van der Waals surface area contributed by atoms with E-state index in [4.69, 9.17) is 25.2 Å². The van der Waals surface area contributed by atoms with Gasteiger partial charge in [0.1, 0.15) is 11.6 Å². The molecule has 2 aliphatic carbocycles. The van der Waals surface area contributed by atoms with E-state index in [0.717, 1.165) is 49.1 Å². The van der Waals surface area contributed by atoms with Crippen molar-refractivity contribution in [1.82, 2.24) is 0 Å². The fourth-order valence-electron chi connectivity index (χ4n) is 5.27. The standard InChI is InChI=1S/C23H32FN3O2/c1-15(2)29-18-7-9-22(10-8-18)14-17-5-6-19(28-12-4-11-24)13-20(17)23(22)26-16(3)21(25)27-23/h5-6,13,15,18H,4,7-12,14H2,1-3H3,(H2,25,27). The topological polar surface area (TPSA) is 69.2 Å². The van der Waals surface area contributed by atoms with Crippen LogP contribution < -0.4 is 10.5 Å². The molecule has 0 saturated heterocycles. The van der Waals surface area contributed by atoms with E-state index in [1.807, 2.05) is 13.0 Å². The van der Waals surface area contributed by atoms with Crippen LogP contribution in [0.15, 0.2) is 28.2 Å². The summed E-state index contributed by atoms with van der Waals surface area (Å²) in [6.45, 7) is 6.13. The van der Waals surface area contributed by atoms with E-state index >= 15 is 0 Å². The van der Waals surface area contributed by atoms with E-state index in [1.165, 1.54) is 5.56 Å². The second-order valence-corrected chi connectivity index (χ2v) is 8.92. The van der Waals surface area contributed by atoms with Crippen LogP contribution in [0.1, 0.15) is 64.0 Å². The molecule has 1 aliphatic heterocycles. The molecule has 1 aromatic rings. The van der Waals surface area contributed by atoms with Crippen LogP contribution in [0.5, 0.6) is 5.75 Å². The van der Waals surface area contributed by atoms with E-state index in [1.54, 1.807) is 0 Å². The number of hydrogen-bond acceptors (Lipinski definition) is 5. The molecular formula is C23H32FN3O2. The third-order valence-electron chi connectivity index (χ3n) is 6.61. The molecule has 2 N–H and O–H groups in total. The number of halogens is 1. The predicted octanol–water partition coefficient (Wildman–Crippen LogP) is 4.32. The lowest BCUT2D eigenvalue weighted by molar-refractivity contribution is -0.0485. The molecule has 0 bridgehead atoms. The van der Waals surface area contributed by atoms with Gasteiger partial charge in [-0.2, -0.15) is 0 Å². The third kappa shape index (κ3) is 3.45. The van der Waals surface area contributed by atoms with Gasteiger partial charge in [0.2, 0.25) is 0 Å². The summed E-state index contributed by atoms with van der Waals surface area (Å²) in [6.07, 6.45) is 5.91. The zero-order chi connectivity index (χ0) is 20.6. The van der Waals surface area contributed by atoms with Gasteiger partial charge in [0.15, 0.2) is 5.66 Å². The van der Waals surface area contributed by atoms with Gasteiger partial charge >= 0.3 is 0 Å². The minimum absolute atomic E-state index is 0.0773. The van der Waals surface area contributed by atoms with Crippen LogP contribution in [0.25, 0.3) is 0 Å². The first-order chi connectivity index (χ1) is 13.9. The van der Waals surface area contributed by atoms with Gasteiger partial charge in [-0.05, 0) is 70.6 Å². The number of rotatable bonds is 6. The molecule has 1 atom stereocenters. The molecule has 158 valence electrons. The van der Waals surface area contributed by atoms with E-state index in [-0.39, 0.29) is 18.2 Å². The maximum atomic E-state index is 12.5. The molecule has 0 aromatic heterocycles. The van der Waals surface area contributed by atoms with E-state index in [9.17, 15) is 4.39 Å². The monoisotopic (exact) mass is 401 g/mol. The van der Waals surface area contributed by atoms with E-state index < -0.39 is 5.66 Å². The summed E-state index contributed by atoms with van der Waals surface area (Å²) in [5.41, 5.74) is 8.65. The van der Waals surface area contributed by atoms with Crippen molar-refractivity contribution >= 4 is 11.5 Å². The lowest BCUT2D eigenvalue weighted by Crippen LogP contribution is -2.44. The zero-order valence-electron chi connectivity index (χ0n) is 17.7. The minimum Gasteiger partial charge on any atom is -0.493 e. The van der Waals surface area contributed by atoms with Gasteiger partial charge in [-0.25, -0.2) is 4.99 Å². The van der Waals surface area contributed by atoms with Crippen LogP contribution in [0.3, 0.4) is 0 Å². The lowest BCUT2D eigenvalue weighted by atomic mass is 9.65. The Morgan fingerprint density at radius 1 is 1.24 bits per heavy atom. The minimum atomic E-state index is -0.668. The molecule has 4 rings (SSSR count). The van der Waals surface area contributed by atoms with Crippen molar-refractivity contribution in [1.29, 1.82) is 0 Å². The number of ether oxygens (including phenoxy) is 2. The number of nitrogens with two attached hydrogens (primary N) is 1. The molecule has 6 heteroatoms. The lowest BCUT2D eigenvalue weighted by Gasteiger charge is -2.45. The Bertz CT molecular complexity index is 807.